The number of aromatic nitrogens is 5. The van der Waals surface area contributed by atoms with Crippen molar-refractivity contribution in [2.24, 2.45) is 7.05 Å². The van der Waals surface area contributed by atoms with E-state index in [0.29, 0.717) is 29.7 Å². The number of aryl methyl sites for hydroxylation is 1. The van der Waals surface area contributed by atoms with Crippen molar-refractivity contribution in [3.05, 3.63) is 35.9 Å². The Labute approximate surface area is 132 Å². The third-order valence-electron chi connectivity index (χ3n) is 3.73. The summed E-state index contributed by atoms with van der Waals surface area (Å²) in [6.07, 6.45) is 2.10. The van der Waals surface area contributed by atoms with Gasteiger partial charge < -0.3 is 14.6 Å². The Morgan fingerprint density at radius 1 is 1.26 bits per heavy atom. The maximum Gasteiger partial charge on any atom is 0.167 e. The van der Waals surface area contributed by atoms with E-state index in [0.717, 1.165) is 11.6 Å². The average molecular weight is 316 g/mol. The second-order valence-electron chi connectivity index (χ2n) is 5.13. The molecule has 0 saturated heterocycles. The Balaban J connectivity index is 1.81. The Hall–Kier alpha value is -2.77. The van der Waals surface area contributed by atoms with E-state index in [2.05, 4.69) is 25.5 Å². The van der Waals surface area contributed by atoms with Gasteiger partial charge in [-0.25, -0.2) is 14.4 Å². The van der Waals surface area contributed by atoms with Gasteiger partial charge >= 0.3 is 0 Å². The predicted octanol–water partition coefficient (Wildman–Crippen LogP) is 1.87. The number of nitrogens with one attached hydrogen (secondary N) is 1. The molecule has 2 aromatic heterocycles. The number of hydrogen-bond acceptors (Lipinski definition) is 6. The van der Waals surface area contributed by atoms with Gasteiger partial charge in [-0.2, -0.15) is 0 Å². The number of fused-ring (bicyclic) bond motifs is 1. The third kappa shape index (κ3) is 2.92. The van der Waals surface area contributed by atoms with Crippen LogP contribution >= 0.6 is 0 Å². The van der Waals surface area contributed by atoms with E-state index in [4.69, 9.17) is 4.74 Å². The summed E-state index contributed by atoms with van der Waals surface area (Å²) in [5.41, 5.74) is 0.523. The minimum atomic E-state index is -0.445. The molecule has 0 aliphatic heterocycles. The van der Waals surface area contributed by atoms with Crippen molar-refractivity contribution in [2.75, 3.05) is 19.0 Å². The van der Waals surface area contributed by atoms with Crippen LogP contribution in [0.2, 0.25) is 0 Å². The molecule has 7 nitrogen and oxygen atoms in total. The minimum Gasteiger partial charge on any atom is -0.494 e. The highest BCUT2D eigenvalue weighted by Gasteiger charge is 2.10. The van der Waals surface area contributed by atoms with Crippen LogP contribution in [0.3, 0.4) is 0 Å². The summed E-state index contributed by atoms with van der Waals surface area (Å²) in [5, 5.41) is 12.1. The van der Waals surface area contributed by atoms with Gasteiger partial charge in [0.1, 0.15) is 23.8 Å². The molecular formula is C15H17FN6O. The monoisotopic (exact) mass is 316 g/mol. The van der Waals surface area contributed by atoms with Crippen LogP contribution in [0, 0.1) is 12.7 Å². The lowest BCUT2D eigenvalue weighted by atomic mass is 10.2. The minimum absolute atomic E-state index is 0.166. The highest BCUT2D eigenvalue weighted by atomic mass is 19.1. The third-order valence-corrected chi connectivity index (χ3v) is 3.73. The molecule has 8 heteroatoms. The van der Waals surface area contributed by atoms with Crippen molar-refractivity contribution in [3.8, 4) is 5.75 Å². The van der Waals surface area contributed by atoms with Crippen molar-refractivity contribution >= 4 is 16.7 Å². The van der Waals surface area contributed by atoms with Crippen molar-refractivity contribution < 1.29 is 9.13 Å². The molecule has 0 amide bonds. The SMILES string of the molecule is COc1cc2c(NCCc3nnc(C)n3C)ncnc2cc1F. The zero-order valence-corrected chi connectivity index (χ0v) is 13.2. The van der Waals surface area contributed by atoms with Gasteiger partial charge in [0.05, 0.1) is 12.6 Å². The highest BCUT2D eigenvalue weighted by molar-refractivity contribution is 5.90. The summed E-state index contributed by atoms with van der Waals surface area (Å²) in [6, 6.07) is 2.94. The Bertz CT molecular complexity index is 847. The maximum absolute atomic E-state index is 13.7. The first-order valence-corrected chi connectivity index (χ1v) is 7.17. The molecule has 0 aliphatic rings. The molecule has 0 radical (unpaired) electrons. The molecule has 1 aromatic carbocycles. The van der Waals surface area contributed by atoms with E-state index in [1.165, 1.54) is 19.5 Å². The summed E-state index contributed by atoms with van der Waals surface area (Å²) >= 11 is 0. The van der Waals surface area contributed by atoms with Gasteiger partial charge in [0.25, 0.3) is 0 Å². The molecule has 0 fully saturated rings. The number of benzene rings is 1. The first kappa shape index (κ1) is 15.1. The van der Waals surface area contributed by atoms with Crippen LogP contribution in [0.4, 0.5) is 10.2 Å². The topological polar surface area (TPSA) is 77.8 Å². The molecular weight excluding hydrogens is 299 g/mol. The Morgan fingerprint density at radius 3 is 2.78 bits per heavy atom. The normalized spacial score (nSPS) is 11.0. The number of nitrogens with zero attached hydrogens (tertiary/aromatic N) is 5. The zero-order chi connectivity index (χ0) is 16.4. The number of hydrogen-bond donors (Lipinski definition) is 1. The predicted molar refractivity (Wildman–Crippen MR) is 84.0 cm³/mol. The van der Waals surface area contributed by atoms with Crippen LogP contribution in [0.1, 0.15) is 11.6 Å². The molecule has 0 unspecified atom stereocenters. The summed E-state index contributed by atoms with van der Waals surface area (Å²) in [4.78, 5) is 8.32. The Kier molecular flexibility index (Phi) is 4.05. The quantitative estimate of drug-likeness (QED) is 0.774. The average Bonchev–Trinajstić information content (AvgIpc) is 2.86. The van der Waals surface area contributed by atoms with E-state index in [1.807, 2.05) is 18.5 Å². The molecule has 3 aromatic rings. The maximum atomic E-state index is 13.7. The first-order valence-electron chi connectivity index (χ1n) is 7.17. The van der Waals surface area contributed by atoms with Crippen molar-refractivity contribution in [2.45, 2.75) is 13.3 Å². The molecule has 0 saturated carbocycles. The summed E-state index contributed by atoms with van der Waals surface area (Å²) in [6.45, 7) is 2.53. The van der Waals surface area contributed by atoms with Gasteiger partial charge in [-0.3, -0.25) is 0 Å². The first-order chi connectivity index (χ1) is 11.1. The fourth-order valence-corrected chi connectivity index (χ4v) is 2.32. The molecule has 120 valence electrons. The molecule has 0 atom stereocenters. The fraction of sp³-hybridized carbons (Fsp3) is 0.333. The van der Waals surface area contributed by atoms with E-state index in [9.17, 15) is 4.39 Å². The van der Waals surface area contributed by atoms with Crippen LogP contribution in [0.15, 0.2) is 18.5 Å². The van der Waals surface area contributed by atoms with Crippen molar-refractivity contribution in [3.63, 3.8) is 0 Å². The molecule has 3 rings (SSSR count). The van der Waals surface area contributed by atoms with E-state index < -0.39 is 5.82 Å². The number of ether oxygens (including phenoxy) is 1. The number of rotatable bonds is 5. The second kappa shape index (κ2) is 6.15. The molecule has 23 heavy (non-hydrogen) atoms. The molecule has 2 heterocycles. The molecule has 0 aliphatic carbocycles. The zero-order valence-electron chi connectivity index (χ0n) is 13.2. The van der Waals surface area contributed by atoms with Crippen LogP contribution in [-0.2, 0) is 13.5 Å². The largest absolute Gasteiger partial charge is 0.494 e. The van der Waals surface area contributed by atoms with Crippen LogP contribution < -0.4 is 10.1 Å². The van der Waals surface area contributed by atoms with Gasteiger partial charge in [-0.1, -0.05) is 0 Å². The van der Waals surface area contributed by atoms with Gasteiger partial charge in [-0.05, 0) is 13.0 Å². The number of anilines is 1. The standard InChI is InChI=1S/C15H17FN6O/c1-9-20-21-14(22(9)2)4-5-17-15-10-6-13(23-3)11(16)7-12(10)18-8-19-15/h6-8H,4-5H2,1-3H3,(H,17,18,19). The number of halogens is 1. The van der Waals surface area contributed by atoms with E-state index in [-0.39, 0.29) is 5.75 Å². The van der Waals surface area contributed by atoms with Crippen LogP contribution in [0.5, 0.6) is 5.75 Å². The lowest BCUT2D eigenvalue weighted by Gasteiger charge is -2.10. The lowest BCUT2D eigenvalue weighted by Crippen LogP contribution is -2.10. The summed E-state index contributed by atoms with van der Waals surface area (Å²) in [7, 11) is 3.36. The lowest BCUT2D eigenvalue weighted by molar-refractivity contribution is 0.387. The van der Waals surface area contributed by atoms with E-state index >= 15 is 0 Å². The fourth-order valence-electron chi connectivity index (χ4n) is 2.32. The van der Waals surface area contributed by atoms with Gasteiger partial charge in [0.2, 0.25) is 0 Å². The summed E-state index contributed by atoms with van der Waals surface area (Å²) < 4.78 is 20.7. The van der Waals surface area contributed by atoms with Gasteiger partial charge in [0.15, 0.2) is 11.6 Å². The van der Waals surface area contributed by atoms with Crippen LogP contribution in [-0.4, -0.2) is 38.4 Å². The van der Waals surface area contributed by atoms with Gasteiger partial charge in [-0.15, -0.1) is 10.2 Å². The van der Waals surface area contributed by atoms with Crippen LogP contribution in [0.25, 0.3) is 10.9 Å². The molecule has 0 spiro atoms. The highest BCUT2D eigenvalue weighted by Crippen LogP contribution is 2.27. The smallest absolute Gasteiger partial charge is 0.167 e. The molecule has 0 bridgehead atoms. The summed E-state index contributed by atoms with van der Waals surface area (Å²) in [5.74, 6) is 2.11. The van der Waals surface area contributed by atoms with E-state index in [1.54, 1.807) is 6.07 Å². The molecule has 1 N–H and O–H groups in total. The number of methoxy groups -OCH3 is 1. The van der Waals surface area contributed by atoms with Gasteiger partial charge in [0, 0.05) is 31.5 Å². The second-order valence-corrected chi connectivity index (χ2v) is 5.13. The van der Waals surface area contributed by atoms with Crippen molar-refractivity contribution in [1.82, 2.24) is 24.7 Å². The Morgan fingerprint density at radius 2 is 2.09 bits per heavy atom. The van der Waals surface area contributed by atoms with Crippen molar-refractivity contribution in [1.29, 1.82) is 0 Å².